The summed E-state index contributed by atoms with van der Waals surface area (Å²) in [7, 11) is 0. The Morgan fingerprint density at radius 3 is 2.33 bits per heavy atom. The minimum absolute atomic E-state index is 0.750. The van der Waals surface area contributed by atoms with Gasteiger partial charge in [0.05, 0.1) is 0 Å². The summed E-state index contributed by atoms with van der Waals surface area (Å²) in [5.74, 6) is 0. The zero-order chi connectivity index (χ0) is 14.5. The Morgan fingerprint density at radius 1 is 0.857 bits per heavy atom. The van der Waals surface area contributed by atoms with Crippen molar-refractivity contribution in [2.24, 2.45) is 0 Å². The van der Waals surface area contributed by atoms with E-state index in [0.717, 1.165) is 24.7 Å². The summed E-state index contributed by atoms with van der Waals surface area (Å²) in [5, 5.41) is 4.28. The van der Waals surface area contributed by atoms with E-state index in [4.69, 9.17) is 0 Å². The molecule has 0 aliphatic carbocycles. The largest absolute Gasteiger partial charge is 0.298 e. The van der Waals surface area contributed by atoms with E-state index in [0.29, 0.717) is 0 Å². The summed E-state index contributed by atoms with van der Waals surface area (Å²) >= 11 is 1.72. The molecule has 3 rings (SSSR count). The molecule has 2 heteroatoms. The molecule has 3 aromatic rings. The van der Waals surface area contributed by atoms with Gasteiger partial charge >= 0.3 is 0 Å². The molecular formula is C19H16OS. The first-order valence-corrected chi connectivity index (χ1v) is 7.95. The highest BCUT2D eigenvalue weighted by Crippen LogP contribution is 2.23. The van der Waals surface area contributed by atoms with Crippen LogP contribution in [0.3, 0.4) is 0 Å². The number of benzene rings is 2. The van der Waals surface area contributed by atoms with Crippen molar-refractivity contribution in [1.29, 1.82) is 0 Å². The van der Waals surface area contributed by atoms with E-state index in [1.165, 1.54) is 22.3 Å². The average Bonchev–Trinajstić information content (AvgIpc) is 3.08. The summed E-state index contributed by atoms with van der Waals surface area (Å²) < 4.78 is 0. The van der Waals surface area contributed by atoms with E-state index in [2.05, 4.69) is 47.2 Å². The molecular weight excluding hydrogens is 276 g/mol. The third-order valence-corrected chi connectivity index (χ3v) is 4.25. The Labute approximate surface area is 128 Å². The molecule has 0 fully saturated rings. The Bertz CT molecular complexity index is 729. The maximum absolute atomic E-state index is 10.8. The molecule has 21 heavy (non-hydrogen) atoms. The Balaban J connectivity index is 1.73. The van der Waals surface area contributed by atoms with E-state index in [-0.39, 0.29) is 0 Å². The number of rotatable bonds is 5. The van der Waals surface area contributed by atoms with Gasteiger partial charge in [-0.25, -0.2) is 0 Å². The second-order valence-electron chi connectivity index (χ2n) is 5.08. The zero-order valence-corrected chi connectivity index (χ0v) is 12.5. The predicted octanol–water partition coefficient (Wildman–Crippen LogP) is 5.01. The third kappa shape index (κ3) is 3.47. The number of aldehydes is 1. The van der Waals surface area contributed by atoms with E-state index in [1.807, 2.05) is 18.2 Å². The van der Waals surface area contributed by atoms with Gasteiger partial charge in [-0.1, -0.05) is 42.5 Å². The second-order valence-corrected chi connectivity index (χ2v) is 5.86. The number of hydrogen-bond donors (Lipinski definition) is 0. The van der Waals surface area contributed by atoms with Crippen LogP contribution in [0.4, 0.5) is 0 Å². The van der Waals surface area contributed by atoms with Gasteiger partial charge in [0.25, 0.3) is 0 Å². The number of hydrogen-bond acceptors (Lipinski definition) is 2. The first kappa shape index (κ1) is 13.8. The highest BCUT2D eigenvalue weighted by Gasteiger charge is 2.01. The summed E-state index contributed by atoms with van der Waals surface area (Å²) in [5.41, 5.74) is 5.84. The van der Waals surface area contributed by atoms with Crippen LogP contribution in [0.5, 0.6) is 0 Å². The quantitative estimate of drug-likeness (QED) is 0.604. The molecule has 0 saturated carbocycles. The molecule has 0 bridgehead atoms. The van der Waals surface area contributed by atoms with Crippen LogP contribution in [-0.2, 0) is 12.8 Å². The maximum atomic E-state index is 10.8. The Hall–Kier alpha value is -2.19. The molecule has 0 atom stereocenters. The van der Waals surface area contributed by atoms with Crippen LogP contribution in [0.25, 0.3) is 11.1 Å². The van der Waals surface area contributed by atoms with E-state index in [9.17, 15) is 4.79 Å². The van der Waals surface area contributed by atoms with E-state index in [1.54, 1.807) is 11.3 Å². The minimum Gasteiger partial charge on any atom is -0.298 e. The van der Waals surface area contributed by atoms with Gasteiger partial charge in [-0.15, -0.1) is 0 Å². The molecule has 0 N–H and O–H groups in total. The van der Waals surface area contributed by atoms with Gasteiger partial charge in [0.1, 0.15) is 6.29 Å². The van der Waals surface area contributed by atoms with Crippen molar-refractivity contribution in [3.8, 4) is 11.1 Å². The van der Waals surface area contributed by atoms with Gasteiger partial charge in [-0.2, -0.15) is 11.3 Å². The lowest BCUT2D eigenvalue weighted by molar-refractivity contribution is 0.112. The Morgan fingerprint density at radius 2 is 1.62 bits per heavy atom. The molecule has 2 aromatic carbocycles. The molecule has 1 aromatic heterocycles. The molecule has 1 nitrogen and oxygen atoms in total. The summed E-state index contributed by atoms with van der Waals surface area (Å²) in [6.07, 6.45) is 2.84. The standard InChI is InChI=1S/C19H16OS/c20-13-17-5-1-3-15(11-17)7-8-16-4-2-6-18(12-16)19-9-10-21-14-19/h1-6,9-14H,7-8H2. The lowest BCUT2D eigenvalue weighted by Gasteiger charge is -2.05. The molecule has 0 aliphatic heterocycles. The number of thiophene rings is 1. The van der Waals surface area contributed by atoms with Crippen molar-refractivity contribution >= 4 is 17.6 Å². The minimum atomic E-state index is 0.750. The molecule has 0 radical (unpaired) electrons. The van der Waals surface area contributed by atoms with Crippen LogP contribution in [0.1, 0.15) is 21.5 Å². The third-order valence-electron chi connectivity index (χ3n) is 3.57. The van der Waals surface area contributed by atoms with Gasteiger partial charge < -0.3 is 0 Å². The van der Waals surface area contributed by atoms with Gasteiger partial charge in [-0.3, -0.25) is 4.79 Å². The van der Waals surface area contributed by atoms with Gasteiger partial charge in [0.2, 0.25) is 0 Å². The van der Waals surface area contributed by atoms with Crippen LogP contribution < -0.4 is 0 Å². The number of aryl methyl sites for hydroxylation is 2. The molecule has 0 aliphatic rings. The number of carbonyl (C=O) groups is 1. The van der Waals surface area contributed by atoms with Gasteiger partial charge in [0.15, 0.2) is 0 Å². The van der Waals surface area contributed by atoms with Crippen molar-refractivity contribution in [2.45, 2.75) is 12.8 Å². The molecule has 0 spiro atoms. The Kier molecular flexibility index (Phi) is 4.27. The van der Waals surface area contributed by atoms with Gasteiger partial charge in [0, 0.05) is 5.56 Å². The maximum Gasteiger partial charge on any atom is 0.150 e. The fourth-order valence-electron chi connectivity index (χ4n) is 2.45. The molecule has 0 saturated heterocycles. The SMILES string of the molecule is O=Cc1cccc(CCc2cccc(-c3ccsc3)c2)c1. The van der Waals surface area contributed by atoms with Crippen LogP contribution in [0.15, 0.2) is 65.4 Å². The zero-order valence-electron chi connectivity index (χ0n) is 11.7. The molecule has 104 valence electrons. The fraction of sp³-hybridized carbons (Fsp3) is 0.105. The molecule has 1 heterocycles. The first-order valence-electron chi connectivity index (χ1n) is 7.01. The highest BCUT2D eigenvalue weighted by molar-refractivity contribution is 7.08. The lowest BCUT2D eigenvalue weighted by atomic mass is 10.00. The van der Waals surface area contributed by atoms with Crippen molar-refractivity contribution < 1.29 is 4.79 Å². The summed E-state index contributed by atoms with van der Waals surface area (Å²) in [4.78, 5) is 10.8. The van der Waals surface area contributed by atoms with Crippen LogP contribution in [-0.4, -0.2) is 6.29 Å². The van der Waals surface area contributed by atoms with Crippen LogP contribution in [0, 0.1) is 0 Å². The first-order chi connectivity index (χ1) is 10.3. The average molecular weight is 292 g/mol. The molecule has 0 amide bonds. The summed E-state index contributed by atoms with van der Waals surface area (Å²) in [6.45, 7) is 0. The van der Waals surface area contributed by atoms with Crippen molar-refractivity contribution in [3.63, 3.8) is 0 Å². The van der Waals surface area contributed by atoms with Crippen molar-refractivity contribution in [3.05, 3.63) is 82.0 Å². The predicted molar refractivity (Wildman–Crippen MR) is 89.0 cm³/mol. The van der Waals surface area contributed by atoms with Crippen molar-refractivity contribution in [1.82, 2.24) is 0 Å². The van der Waals surface area contributed by atoms with Gasteiger partial charge in [-0.05, 0) is 58.0 Å². The summed E-state index contributed by atoms with van der Waals surface area (Å²) in [6, 6.07) is 18.7. The number of carbonyl (C=O) groups excluding carboxylic acids is 1. The monoisotopic (exact) mass is 292 g/mol. The van der Waals surface area contributed by atoms with Crippen molar-refractivity contribution in [2.75, 3.05) is 0 Å². The normalized spacial score (nSPS) is 10.5. The second kappa shape index (κ2) is 6.51. The topological polar surface area (TPSA) is 17.1 Å². The lowest BCUT2D eigenvalue weighted by Crippen LogP contribution is -1.93. The van der Waals surface area contributed by atoms with Crippen LogP contribution in [0.2, 0.25) is 0 Å². The van der Waals surface area contributed by atoms with E-state index >= 15 is 0 Å². The fourth-order valence-corrected chi connectivity index (χ4v) is 3.11. The smallest absolute Gasteiger partial charge is 0.150 e. The van der Waals surface area contributed by atoms with E-state index < -0.39 is 0 Å². The molecule has 0 unspecified atom stereocenters. The van der Waals surface area contributed by atoms with Crippen LogP contribution >= 0.6 is 11.3 Å². The highest BCUT2D eigenvalue weighted by atomic mass is 32.1.